The van der Waals surface area contributed by atoms with Gasteiger partial charge in [-0.2, -0.15) is 0 Å². The van der Waals surface area contributed by atoms with E-state index in [0.717, 1.165) is 0 Å². The maximum atomic E-state index is 12.3. The van der Waals surface area contributed by atoms with Crippen LogP contribution in [0.15, 0.2) is 23.1 Å². The number of rotatable bonds is 6. The van der Waals surface area contributed by atoms with E-state index in [4.69, 9.17) is 5.11 Å². The van der Waals surface area contributed by atoms with Crippen LogP contribution in [0.1, 0.15) is 22.8 Å². The van der Waals surface area contributed by atoms with Gasteiger partial charge in [0.05, 0.1) is 16.2 Å². The Kier molecular flexibility index (Phi) is 5.08. The van der Waals surface area contributed by atoms with Gasteiger partial charge in [0.25, 0.3) is 0 Å². The first-order valence-electron chi connectivity index (χ1n) is 6.01. The van der Waals surface area contributed by atoms with Gasteiger partial charge < -0.3 is 10.0 Å². The first-order valence-corrected chi connectivity index (χ1v) is 7.67. The van der Waals surface area contributed by atoms with Gasteiger partial charge in [0, 0.05) is 6.54 Å². The average molecular weight is 285 g/mol. The van der Waals surface area contributed by atoms with Gasteiger partial charge in [-0.1, -0.05) is 13.0 Å². The average Bonchev–Trinajstić information content (AvgIpc) is 2.35. The van der Waals surface area contributed by atoms with Gasteiger partial charge in [-0.25, -0.2) is 13.2 Å². The second kappa shape index (κ2) is 6.16. The Morgan fingerprint density at radius 2 is 1.95 bits per heavy atom. The van der Waals surface area contributed by atoms with Gasteiger partial charge in [0.15, 0.2) is 9.84 Å². The fourth-order valence-corrected chi connectivity index (χ4v) is 3.43. The highest BCUT2D eigenvalue weighted by atomic mass is 32.2. The molecule has 5 nitrogen and oxygen atoms in total. The van der Waals surface area contributed by atoms with Crippen LogP contribution in [0.3, 0.4) is 0 Å². The predicted molar refractivity (Wildman–Crippen MR) is 73.4 cm³/mol. The van der Waals surface area contributed by atoms with E-state index >= 15 is 0 Å². The molecule has 0 aliphatic heterocycles. The van der Waals surface area contributed by atoms with Crippen molar-refractivity contribution < 1.29 is 18.3 Å². The number of sulfone groups is 1. The first kappa shape index (κ1) is 15.7. The molecule has 0 spiro atoms. The Labute approximate surface area is 113 Å². The summed E-state index contributed by atoms with van der Waals surface area (Å²) in [5, 5.41) is 8.95. The Balaban J connectivity index is 3.22. The number of carboxylic acid groups (broad SMARTS) is 1. The Morgan fingerprint density at radius 3 is 2.42 bits per heavy atom. The summed E-state index contributed by atoms with van der Waals surface area (Å²) in [5.74, 6) is -1.14. The van der Waals surface area contributed by atoms with E-state index in [0.29, 0.717) is 18.5 Å². The van der Waals surface area contributed by atoms with Crippen molar-refractivity contribution in [3.05, 3.63) is 29.3 Å². The molecule has 1 rings (SSSR count). The Hall–Kier alpha value is -1.40. The lowest BCUT2D eigenvalue weighted by atomic mass is 10.1. The number of aryl methyl sites for hydroxylation is 1. The summed E-state index contributed by atoms with van der Waals surface area (Å²) in [6.07, 6.45) is 0.552. The molecule has 0 heterocycles. The number of hydrogen-bond acceptors (Lipinski definition) is 4. The van der Waals surface area contributed by atoms with Crippen LogP contribution in [0.2, 0.25) is 0 Å². The number of benzene rings is 1. The second-order valence-corrected chi connectivity index (χ2v) is 6.68. The molecule has 0 saturated carbocycles. The maximum Gasteiger partial charge on any atom is 0.335 e. The van der Waals surface area contributed by atoms with Crippen molar-refractivity contribution in [2.45, 2.75) is 18.2 Å². The molecule has 0 unspecified atom stereocenters. The van der Waals surface area contributed by atoms with Gasteiger partial charge in [-0.3, -0.25) is 0 Å². The van der Waals surface area contributed by atoms with Crippen molar-refractivity contribution in [1.82, 2.24) is 4.90 Å². The van der Waals surface area contributed by atoms with Crippen molar-refractivity contribution in [2.75, 3.05) is 26.4 Å². The molecule has 0 fully saturated rings. The molecule has 0 aliphatic carbocycles. The number of carbonyl (C=O) groups is 1. The summed E-state index contributed by atoms with van der Waals surface area (Å²) < 4.78 is 24.5. The fraction of sp³-hybridized carbons (Fsp3) is 0.462. The molecule has 0 saturated heterocycles. The molecule has 0 amide bonds. The normalized spacial score (nSPS) is 11.8. The largest absolute Gasteiger partial charge is 0.478 e. The number of nitrogens with zero attached hydrogens (tertiary/aromatic N) is 1. The summed E-state index contributed by atoms with van der Waals surface area (Å²) in [6.45, 7) is 2.25. The highest BCUT2D eigenvalue weighted by Crippen LogP contribution is 2.20. The monoisotopic (exact) mass is 285 g/mol. The third kappa shape index (κ3) is 4.04. The van der Waals surface area contributed by atoms with E-state index in [1.807, 2.05) is 6.92 Å². The zero-order valence-corrected chi connectivity index (χ0v) is 12.2. The molecule has 1 aromatic carbocycles. The van der Waals surface area contributed by atoms with E-state index in [2.05, 4.69) is 0 Å². The lowest BCUT2D eigenvalue weighted by molar-refractivity contribution is 0.0696. The maximum absolute atomic E-state index is 12.3. The molecular weight excluding hydrogens is 266 g/mol. The van der Waals surface area contributed by atoms with Gasteiger partial charge in [-0.15, -0.1) is 0 Å². The van der Waals surface area contributed by atoms with Crippen LogP contribution in [0, 0.1) is 0 Å². The van der Waals surface area contributed by atoms with Crippen molar-refractivity contribution in [3.63, 3.8) is 0 Å². The van der Waals surface area contributed by atoms with Crippen molar-refractivity contribution >= 4 is 15.8 Å². The SMILES string of the molecule is CCc1ccc(C(=O)O)cc1S(=O)(=O)CCN(C)C. The van der Waals surface area contributed by atoms with Crippen molar-refractivity contribution in [1.29, 1.82) is 0 Å². The van der Waals surface area contributed by atoms with Gasteiger partial charge in [0.2, 0.25) is 0 Å². The van der Waals surface area contributed by atoms with Crippen LogP contribution < -0.4 is 0 Å². The van der Waals surface area contributed by atoms with Crippen LogP contribution in [-0.2, 0) is 16.3 Å². The summed E-state index contributed by atoms with van der Waals surface area (Å²) in [5.41, 5.74) is 0.657. The van der Waals surface area contributed by atoms with E-state index in [-0.39, 0.29) is 16.2 Å². The smallest absolute Gasteiger partial charge is 0.335 e. The molecule has 0 aliphatic rings. The molecule has 0 atom stereocenters. The zero-order valence-electron chi connectivity index (χ0n) is 11.4. The quantitative estimate of drug-likeness (QED) is 0.852. The van der Waals surface area contributed by atoms with Crippen LogP contribution in [0.4, 0.5) is 0 Å². The van der Waals surface area contributed by atoms with Gasteiger partial charge in [-0.05, 0) is 38.2 Å². The molecule has 0 bridgehead atoms. The van der Waals surface area contributed by atoms with Crippen molar-refractivity contribution in [3.8, 4) is 0 Å². The zero-order chi connectivity index (χ0) is 14.6. The van der Waals surface area contributed by atoms with Gasteiger partial charge in [0.1, 0.15) is 0 Å². The van der Waals surface area contributed by atoms with Gasteiger partial charge >= 0.3 is 5.97 Å². The lowest BCUT2D eigenvalue weighted by Gasteiger charge is -2.13. The Morgan fingerprint density at radius 1 is 1.32 bits per heavy atom. The highest BCUT2D eigenvalue weighted by Gasteiger charge is 2.20. The fourth-order valence-electron chi connectivity index (χ4n) is 1.68. The molecule has 0 aromatic heterocycles. The third-order valence-corrected chi connectivity index (χ3v) is 4.61. The van der Waals surface area contributed by atoms with Crippen LogP contribution >= 0.6 is 0 Å². The highest BCUT2D eigenvalue weighted by molar-refractivity contribution is 7.91. The molecule has 19 heavy (non-hydrogen) atoms. The number of aromatic carboxylic acids is 1. The first-order chi connectivity index (χ1) is 8.77. The molecule has 1 aromatic rings. The molecule has 0 radical (unpaired) electrons. The Bertz CT molecular complexity index is 564. The molecular formula is C13H19NO4S. The minimum Gasteiger partial charge on any atom is -0.478 e. The van der Waals surface area contributed by atoms with E-state index < -0.39 is 15.8 Å². The van der Waals surface area contributed by atoms with E-state index in [9.17, 15) is 13.2 Å². The molecule has 106 valence electrons. The molecule has 1 N–H and O–H groups in total. The van der Waals surface area contributed by atoms with Crippen LogP contribution in [-0.4, -0.2) is 50.8 Å². The minimum atomic E-state index is -3.46. The van der Waals surface area contributed by atoms with E-state index in [1.54, 1.807) is 25.1 Å². The van der Waals surface area contributed by atoms with Crippen LogP contribution in [0.25, 0.3) is 0 Å². The van der Waals surface area contributed by atoms with Crippen LogP contribution in [0.5, 0.6) is 0 Å². The van der Waals surface area contributed by atoms with Crippen molar-refractivity contribution in [2.24, 2.45) is 0 Å². The summed E-state index contributed by atoms with van der Waals surface area (Å²) in [4.78, 5) is 12.9. The van der Waals surface area contributed by atoms with E-state index in [1.165, 1.54) is 12.1 Å². The summed E-state index contributed by atoms with van der Waals surface area (Å²) in [7, 11) is 0.132. The summed E-state index contributed by atoms with van der Waals surface area (Å²) in [6, 6.07) is 4.27. The standard InChI is InChI=1S/C13H19NO4S/c1-4-10-5-6-11(13(15)16)9-12(10)19(17,18)8-7-14(2)3/h5-6,9H,4,7-8H2,1-3H3,(H,15,16). The third-order valence-electron chi connectivity index (χ3n) is 2.84. The lowest BCUT2D eigenvalue weighted by Crippen LogP contribution is -2.22. The molecule has 6 heteroatoms. The topological polar surface area (TPSA) is 74.7 Å². The predicted octanol–water partition coefficient (Wildman–Crippen LogP) is 1.28. The minimum absolute atomic E-state index is 0.000582. The number of carboxylic acids is 1. The second-order valence-electron chi connectivity index (χ2n) is 4.60. The number of hydrogen-bond donors (Lipinski definition) is 1. The summed E-state index contributed by atoms with van der Waals surface area (Å²) >= 11 is 0.